The third-order valence-electron chi connectivity index (χ3n) is 2.49. The molecule has 0 heterocycles. The molecule has 9 heteroatoms. The van der Waals surface area contributed by atoms with E-state index in [4.69, 9.17) is 30.6 Å². The van der Waals surface area contributed by atoms with Crippen molar-refractivity contribution in [3.8, 4) is 0 Å². The molecule has 0 spiro atoms. The summed E-state index contributed by atoms with van der Waals surface area (Å²) in [4.78, 5) is 29.3. The number of carboxylic acids is 3. The third kappa shape index (κ3) is 10.5. The lowest BCUT2D eigenvalue weighted by Gasteiger charge is -2.25. The number of carboxylic acid groups (broad SMARTS) is 3. The van der Waals surface area contributed by atoms with Crippen LogP contribution in [-0.2, 0) is 14.4 Å². The number of rotatable bonds is 8. The van der Waals surface area contributed by atoms with E-state index in [1.54, 1.807) is 0 Å². The first-order chi connectivity index (χ1) is 9.64. The van der Waals surface area contributed by atoms with Gasteiger partial charge in [0.1, 0.15) is 6.42 Å². The van der Waals surface area contributed by atoms with Crippen molar-refractivity contribution in [1.82, 2.24) is 0 Å². The van der Waals surface area contributed by atoms with Crippen LogP contribution in [0.2, 0.25) is 0 Å². The van der Waals surface area contributed by atoms with E-state index in [2.05, 4.69) is 0 Å². The fourth-order valence-corrected chi connectivity index (χ4v) is 0.930. The molecule has 0 amide bonds. The molecule has 0 bridgehead atoms. The van der Waals surface area contributed by atoms with Crippen LogP contribution in [0, 0.1) is 5.41 Å². The van der Waals surface area contributed by atoms with Crippen LogP contribution in [0.1, 0.15) is 19.8 Å². The van der Waals surface area contributed by atoms with Gasteiger partial charge in [0.25, 0.3) is 0 Å². The molecule has 0 saturated carbocycles. The quantitative estimate of drug-likeness (QED) is 0.241. The predicted octanol–water partition coefficient (Wildman–Crippen LogP) is -1.08. The first-order valence-corrected chi connectivity index (χ1v) is 5.80. The van der Waals surface area contributed by atoms with E-state index in [1.807, 2.05) is 0 Å². The van der Waals surface area contributed by atoms with E-state index in [0.29, 0.717) is 0 Å². The van der Waals surface area contributed by atoms with Crippen molar-refractivity contribution in [2.75, 3.05) is 19.8 Å². The van der Waals surface area contributed by atoms with Crippen LogP contribution in [0.25, 0.3) is 0 Å². The minimum atomic E-state index is -1.31. The van der Waals surface area contributed by atoms with Crippen molar-refractivity contribution in [2.24, 2.45) is 5.41 Å². The maximum atomic E-state index is 10.4. The molecule has 0 aliphatic rings. The molecule has 0 atom stereocenters. The summed E-state index contributed by atoms with van der Waals surface area (Å²) in [6.07, 6.45) is 0.708. The number of hydrogen-bond donors (Lipinski definition) is 6. The minimum Gasteiger partial charge on any atom is -0.481 e. The zero-order valence-corrected chi connectivity index (χ0v) is 11.5. The van der Waals surface area contributed by atoms with E-state index in [1.165, 1.54) is 13.0 Å². The summed E-state index contributed by atoms with van der Waals surface area (Å²) < 4.78 is 0. The van der Waals surface area contributed by atoms with Gasteiger partial charge >= 0.3 is 17.9 Å². The Morgan fingerprint density at radius 3 is 1.48 bits per heavy atom. The lowest BCUT2D eigenvalue weighted by Crippen LogP contribution is -2.33. The van der Waals surface area contributed by atoms with E-state index < -0.39 is 29.7 Å². The second-order valence-corrected chi connectivity index (χ2v) is 4.34. The van der Waals surface area contributed by atoms with Gasteiger partial charge in [0, 0.05) is 11.0 Å². The fourth-order valence-electron chi connectivity index (χ4n) is 0.930. The summed E-state index contributed by atoms with van der Waals surface area (Å²) in [6, 6.07) is 0. The molecule has 0 aromatic heterocycles. The highest BCUT2D eigenvalue weighted by molar-refractivity contribution is 5.88. The zero-order valence-electron chi connectivity index (χ0n) is 11.5. The summed E-state index contributed by atoms with van der Waals surface area (Å²) in [6.45, 7) is 0.259. The van der Waals surface area contributed by atoms with Crippen LogP contribution in [0.15, 0.2) is 11.6 Å². The lowest BCUT2D eigenvalue weighted by molar-refractivity contribution is -0.147. The van der Waals surface area contributed by atoms with Gasteiger partial charge in [-0.05, 0) is 13.3 Å². The highest BCUT2D eigenvalue weighted by atomic mass is 16.4. The van der Waals surface area contributed by atoms with Crippen molar-refractivity contribution < 1.29 is 45.0 Å². The Morgan fingerprint density at radius 2 is 1.29 bits per heavy atom. The molecule has 9 nitrogen and oxygen atoms in total. The predicted molar refractivity (Wildman–Crippen MR) is 69.6 cm³/mol. The smallest absolute Gasteiger partial charge is 0.330 e. The highest BCUT2D eigenvalue weighted by Gasteiger charge is 2.26. The van der Waals surface area contributed by atoms with E-state index in [-0.39, 0.29) is 31.8 Å². The van der Waals surface area contributed by atoms with Gasteiger partial charge in [-0.2, -0.15) is 0 Å². The monoisotopic (exact) mass is 308 g/mol. The average molecular weight is 308 g/mol. The van der Waals surface area contributed by atoms with Gasteiger partial charge in [0.2, 0.25) is 0 Å². The normalized spacial score (nSPS) is 11.3. The topological polar surface area (TPSA) is 173 Å². The van der Waals surface area contributed by atoms with Gasteiger partial charge in [0.05, 0.1) is 19.8 Å². The molecule has 21 heavy (non-hydrogen) atoms. The molecule has 0 rings (SSSR count). The number of aliphatic hydroxyl groups is 3. The van der Waals surface area contributed by atoms with Gasteiger partial charge in [-0.1, -0.05) is 6.08 Å². The number of aliphatic hydroxyl groups excluding tert-OH is 3. The summed E-state index contributed by atoms with van der Waals surface area (Å²) in [7, 11) is 0. The Labute approximate surface area is 120 Å². The lowest BCUT2D eigenvalue weighted by atomic mass is 9.86. The van der Waals surface area contributed by atoms with Crippen molar-refractivity contribution in [2.45, 2.75) is 19.8 Å². The Hall–Kier alpha value is -1.97. The second kappa shape index (κ2) is 10.8. The van der Waals surface area contributed by atoms with Crippen LogP contribution in [0.5, 0.6) is 0 Å². The molecule has 0 aromatic rings. The van der Waals surface area contributed by atoms with Crippen LogP contribution < -0.4 is 0 Å². The number of allylic oxidation sites excluding steroid dienone is 1. The SMILES string of the molecule is CC(=CCC(CO)(CO)CO)C(=O)O.O=C(O)CC(=O)O. The molecule has 0 saturated heterocycles. The van der Waals surface area contributed by atoms with Crippen LogP contribution in [0.3, 0.4) is 0 Å². The Bertz CT molecular complexity index is 362. The van der Waals surface area contributed by atoms with Crippen LogP contribution in [-0.4, -0.2) is 68.4 Å². The van der Waals surface area contributed by atoms with Gasteiger partial charge in [-0.15, -0.1) is 0 Å². The summed E-state index contributed by atoms with van der Waals surface area (Å²) in [5.74, 6) is -3.67. The summed E-state index contributed by atoms with van der Waals surface area (Å²) in [5, 5.41) is 50.7. The van der Waals surface area contributed by atoms with Crippen molar-refractivity contribution in [1.29, 1.82) is 0 Å². The number of carbonyl (C=O) groups is 3. The van der Waals surface area contributed by atoms with Crippen molar-refractivity contribution in [3.63, 3.8) is 0 Å². The number of hydrogen-bond acceptors (Lipinski definition) is 6. The average Bonchev–Trinajstić information content (AvgIpc) is 2.39. The molecular weight excluding hydrogens is 288 g/mol. The minimum absolute atomic E-state index is 0.129. The fraction of sp³-hybridized carbons (Fsp3) is 0.583. The van der Waals surface area contributed by atoms with Crippen molar-refractivity contribution in [3.05, 3.63) is 11.6 Å². The Morgan fingerprint density at radius 1 is 0.905 bits per heavy atom. The second-order valence-electron chi connectivity index (χ2n) is 4.34. The Balaban J connectivity index is 0. The van der Waals surface area contributed by atoms with Crippen LogP contribution >= 0.6 is 0 Å². The van der Waals surface area contributed by atoms with Crippen molar-refractivity contribution >= 4 is 17.9 Å². The zero-order chi connectivity index (χ0) is 17.1. The Kier molecular flexibility index (Phi) is 10.9. The highest BCUT2D eigenvalue weighted by Crippen LogP contribution is 2.21. The molecule has 0 aliphatic heterocycles. The molecular formula is C12H20O9. The molecule has 0 fully saturated rings. The van der Waals surface area contributed by atoms with E-state index in [0.717, 1.165) is 0 Å². The molecule has 122 valence electrons. The molecule has 0 aliphatic carbocycles. The third-order valence-corrected chi connectivity index (χ3v) is 2.49. The molecule has 0 unspecified atom stereocenters. The van der Waals surface area contributed by atoms with Gasteiger partial charge < -0.3 is 30.6 Å². The van der Waals surface area contributed by atoms with E-state index in [9.17, 15) is 14.4 Å². The van der Waals surface area contributed by atoms with E-state index >= 15 is 0 Å². The first-order valence-electron chi connectivity index (χ1n) is 5.80. The molecule has 6 N–H and O–H groups in total. The summed E-state index contributed by atoms with van der Waals surface area (Å²) in [5.41, 5.74) is -0.902. The maximum Gasteiger partial charge on any atom is 0.330 e. The molecule has 0 aromatic carbocycles. The first kappa shape index (κ1) is 21.3. The molecule has 0 radical (unpaired) electrons. The van der Waals surface area contributed by atoms with Gasteiger partial charge in [-0.3, -0.25) is 9.59 Å². The summed E-state index contributed by atoms with van der Waals surface area (Å²) >= 11 is 0. The van der Waals surface area contributed by atoms with Gasteiger partial charge in [0.15, 0.2) is 0 Å². The van der Waals surface area contributed by atoms with Crippen LogP contribution in [0.4, 0.5) is 0 Å². The maximum absolute atomic E-state index is 10.4. The largest absolute Gasteiger partial charge is 0.481 e. The standard InChI is InChI=1S/C9H16O5.C3H4O4/c1-7(8(13)14)2-3-9(4-10,5-11)6-12;4-2(5)1-3(6)7/h2,10-12H,3-6H2,1H3,(H,13,14);1H2,(H,4,5)(H,6,7). The van der Waals surface area contributed by atoms with Gasteiger partial charge in [-0.25, -0.2) is 4.79 Å². The number of aliphatic carboxylic acids is 3.